The van der Waals surface area contributed by atoms with Crippen LogP contribution >= 0.6 is 0 Å². The molecule has 0 aromatic heterocycles. The molecule has 0 aliphatic rings. The Bertz CT molecular complexity index is 278. The van der Waals surface area contributed by atoms with Gasteiger partial charge >= 0.3 is 0 Å². The first kappa shape index (κ1) is 13.6. The minimum absolute atomic E-state index is 0.0892. The Morgan fingerprint density at radius 2 is 1.79 bits per heavy atom. The van der Waals surface area contributed by atoms with Crippen molar-refractivity contribution in [3.63, 3.8) is 0 Å². The van der Waals surface area contributed by atoms with Gasteiger partial charge in [-0.15, -0.1) is 0 Å². The molecule has 0 aliphatic carbocycles. The molecule has 0 fully saturated rings. The SMILES string of the molecule is CCS(=O)(=O)CCC(C(C)=O)C(C)C. The fraction of sp³-hybridized carbons (Fsp3) is 0.900. The lowest BCUT2D eigenvalue weighted by Crippen LogP contribution is -2.22. The molecule has 0 heterocycles. The standard InChI is InChI=1S/C10H20O3S/c1-5-14(12,13)7-6-10(8(2)3)9(4)11/h8,10H,5-7H2,1-4H3. The number of carbonyl (C=O) groups excluding carboxylic acids is 1. The summed E-state index contributed by atoms with van der Waals surface area (Å²) in [6, 6.07) is 0. The van der Waals surface area contributed by atoms with Gasteiger partial charge in [0, 0.05) is 11.7 Å². The van der Waals surface area contributed by atoms with Crippen molar-refractivity contribution in [3.05, 3.63) is 0 Å². The maximum absolute atomic E-state index is 11.2. The van der Waals surface area contributed by atoms with Gasteiger partial charge in [0.2, 0.25) is 0 Å². The average molecular weight is 220 g/mol. The molecule has 0 aromatic carbocycles. The van der Waals surface area contributed by atoms with Crippen LogP contribution in [0.15, 0.2) is 0 Å². The minimum Gasteiger partial charge on any atom is -0.300 e. The Kier molecular flexibility index (Phi) is 5.34. The van der Waals surface area contributed by atoms with Crippen molar-refractivity contribution in [1.82, 2.24) is 0 Å². The monoisotopic (exact) mass is 220 g/mol. The third kappa shape index (κ3) is 4.74. The number of Topliss-reactive ketones (excluding diaryl/α,β-unsaturated/α-hetero) is 1. The van der Waals surface area contributed by atoms with Crippen molar-refractivity contribution in [2.45, 2.75) is 34.1 Å². The summed E-state index contributed by atoms with van der Waals surface area (Å²) in [4.78, 5) is 11.2. The van der Waals surface area contributed by atoms with E-state index in [1.807, 2.05) is 13.8 Å². The van der Waals surface area contributed by atoms with Crippen LogP contribution in [0.25, 0.3) is 0 Å². The zero-order valence-electron chi connectivity index (χ0n) is 9.41. The number of hydrogen-bond donors (Lipinski definition) is 0. The van der Waals surface area contributed by atoms with Gasteiger partial charge < -0.3 is 0 Å². The van der Waals surface area contributed by atoms with Crippen LogP contribution in [-0.4, -0.2) is 25.7 Å². The molecule has 84 valence electrons. The summed E-state index contributed by atoms with van der Waals surface area (Å²) in [6.07, 6.45) is 0.461. The lowest BCUT2D eigenvalue weighted by atomic mass is 9.90. The van der Waals surface area contributed by atoms with E-state index in [0.29, 0.717) is 6.42 Å². The Labute approximate surface area is 86.8 Å². The van der Waals surface area contributed by atoms with E-state index >= 15 is 0 Å². The molecule has 0 spiro atoms. The van der Waals surface area contributed by atoms with Gasteiger partial charge in [-0.2, -0.15) is 0 Å². The second kappa shape index (κ2) is 5.49. The summed E-state index contributed by atoms with van der Waals surface area (Å²) in [7, 11) is -2.93. The summed E-state index contributed by atoms with van der Waals surface area (Å²) in [5, 5.41) is 0. The van der Waals surface area contributed by atoms with Gasteiger partial charge in [-0.3, -0.25) is 4.79 Å². The molecule has 0 radical (unpaired) electrons. The maximum atomic E-state index is 11.2. The molecule has 3 nitrogen and oxygen atoms in total. The quantitative estimate of drug-likeness (QED) is 0.684. The summed E-state index contributed by atoms with van der Waals surface area (Å²) in [5.74, 6) is 0.490. The Morgan fingerprint density at radius 3 is 2.07 bits per heavy atom. The van der Waals surface area contributed by atoms with Gasteiger partial charge in [0.05, 0.1) is 5.75 Å². The molecule has 4 heteroatoms. The topological polar surface area (TPSA) is 51.2 Å². The van der Waals surface area contributed by atoms with Crippen LogP contribution in [0, 0.1) is 11.8 Å². The van der Waals surface area contributed by atoms with Crippen LogP contribution in [0.4, 0.5) is 0 Å². The van der Waals surface area contributed by atoms with Crippen LogP contribution in [0.5, 0.6) is 0 Å². The first-order valence-electron chi connectivity index (χ1n) is 5.01. The first-order chi connectivity index (χ1) is 6.30. The molecule has 1 unspecified atom stereocenters. The molecular weight excluding hydrogens is 200 g/mol. The fourth-order valence-corrected chi connectivity index (χ4v) is 2.36. The van der Waals surface area contributed by atoms with E-state index in [-0.39, 0.29) is 29.1 Å². The van der Waals surface area contributed by atoms with E-state index in [1.54, 1.807) is 6.92 Å². The number of carbonyl (C=O) groups is 1. The molecule has 0 aromatic rings. The van der Waals surface area contributed by atoms with E-state index in [0.717, 1.165) is 0 Å². The Balaban J connectivity index is 4.28. The summed E-state index contributed by atoms with van der Waals surface area (Å²) < 4.78 is 22.5. The van der Waals surface area contributed by atoms with Crippen LogP contribution in [0.3, 0.4) is 0 Å². The van der Waals surface area contributed by atoms with Crippen molar-refractivity contribution in [2.75, 3.05) is 11.5 Å². The average Bonchev–Trinajstić information content (AvgIpc) is 2.03. The second-order valence-electron chi connectivity index (χ2n) is 3.99. The van der Waals surface area contributed by atoms with Crippen molar-refractivity contribution < 1.29 is 13.2 Å². The number of sulfone groups is 1. The molecule has 0 amide bonds. The molecular formula is C10H20O3S. The molecule has 0 N–H and O–H groups in total. The molecule has 1 atom stereocenters. The van der Waals surface area contributed by atoms with Crippen LogP contribution in [0.2, 0.25) is 0 Å². The highest BCUT2D eigenvalue weighted by Gasteiger charge is 2.20. The smallest absolute Gasteiger partial charge is 0.150 e. The predicted octanol–water partition coefficient (Wildman–Crippen LogP) is 1.67. The largest absolute Gasteiger partial charge is 0.300 e. The van der Waals surface area contributed by atoms with Gasteiger partial charge in [-0.1, -0.05) is 20.8 Å². The highest BCUT2D eigenvalue weighted by Crippen LogP contribution is 2.17. The maximum Gasteiger partial charge on any atom is 0.150 e. The molecule has 14 heavy (non-hydrogen) atoms. The first-order valence-corrected chi connectivity index (χ1v) is 6.83. The van der Waals surface area contributed by atoms with Crippen molar-refractivity contribution >= 4 is 15.6 Å². The Morgan fingerprint density at radius 1 is 1.29 bits per heavy atom. The van der Waals surface area contributed by atoms with Crippen molar-refractivity contribution in [3.8, 4) is 0 Å². The van der Waals surface area contributed by atoms with E-state index in [9.17, 15) is 13.2 Å². The molecule has 0 saturated heterocycles. The minimum atomic E-state index is -2.93. The van der Waals surface area contributed by atoms with Gasteiger partial charge in [0.15, 0.2) is 0 Å². The highest BCUT2D eigenvalue weighted by molar-refractivity contribution is 7.91. The number of rotatable bonds is 6. The molecule has 0 aliphatic heterocycles. The Hall–Kier alpha value is -0.380. The van der Waals surface area contributed by atoms with Crippen molar-refractivity contribution in [1.29, 1.82) is 0 Å². The zero-order chi connectivity index (χ0) is 11.4. The van der Waals surface area contributed by atoms with Crippen LogP contribution in [-0.2, 0) is 14.6 Å². The van der Waals surface area contributed by atoms with E-state index in [2.05, 4.69) is 0 Å². The highest BCUT2D eigenvalue weighted by atomic mass is 32.2. The second-order valence-corrected chi connectivity index (χ2v) is 6.46. The fourth-order valence-electron chi connectivity index (χ4n) is 1.46. The van der Waals surface area contributed by atoms with Gasteiger partial charge in [0.25, 0.3) is 0 Å². The van der Waals surface area contributed by atoms with Crippen LogP contribution in [0.1, 0.15) is 34.1 Å². The zero-order valence-corrected chi connectivity index (χ0v) is 10.2. The summed E-state index contributed by atoms with van der Waals surface area (Å²) in [5.41, 5.74) is 0. The molecule has 0 saturated carbocycles. The lowest BCUT2D eigenvalue weighted by Gasteiger charge is -2.17. The number of hydrogen-bond acceptors (Lipinski definition) is 3. The van der Waals surface area contributed by atoms with Gasteiger partial charge in [-0.25, -0.2) is 8.42 Å². The summed E-state index contributed by atoms with van der Waals surface area (Å²) in [6.45, 7) is 7.06. The number of ketones is 1. The normalized spacial score (nSPS) is 14.4. The van der Waals surface area contributed by atoms with E-state index in [4.69, 9.17) is 0 Å². The lowest BCUT2D eigenvalue weighted by molar-refractivity contribution is -0.122. The van der Waals surface area contributed by atoms with E-state index in [1.165, 1.54) is 6.92 Å². The van der Waals surface area contributed by atoms with E-state index < -0.39 is 9.84 Å². The predicted molar refractivity (Wildman–Crippen MR) is 58.0 cm³/mol. The molecule has 0 rings (SSSR count). The van der Waals surface area contributed by atoms with Gasteiger partial charge in [0.1, 0.15) is 15.6 Å². The third-order valence-electron chi connectivity index (χ3n) is 2.51. The van der Waals surface area contributed by atoms with Crippen molar-refractivity contribution in [2.24, 2.45) is 11.8 Å². The summed E-state index contributed by atoms with van der Waals surface area (Å²) >= 11 is 0. The third-order valence-corrected chi connectivity index (χ3v) is 4.24. The van der Waals surface area contributed by atoms with Gasteiger partial charge in [-0.05, 0) is 19.3 Å². The molecule has 0 bridgehead atoms. The van der Waals surface area contributed by atoms with Crippen LogP contribution < -0.4 is 0 Å².